The molecule has 2 aromatic rings. The van der Waals surface area contributed by atoms with Crippen LogP contribution in [-0.2, 0) is 10.0 Å². The number of para-hydroxylation sites is 1. The molecule has 0 aliphatic heterocycles. The van der Waals surface area contributed by atoms with Gasteiger partial charge in [-0.2, -0.15) is 0 Å². The molecule has 0 aliphatic carbocycles. The zero-order valence-corrected chi connectivity index (χ0v) is 14.5. The second-order valence-corrected chi connectivity index (χ2v) is 7.45. The van der Waals surface area contributed by atoms with Crippen LogP contribution in [0.25, 0.3) is 0 Å². The van der Waals surface area contributed by atoms with Crippen molar-refractivity contribution >= 4 is 60.4 Å². The van der Waals surface area contributed by atoms with Crippen molar-refractivity contribution in [2.75, 3.05) is 4.72 Å². The Hall–Kier alpha value is -1.15. The molecule has 110 valence electrons. The van der Waals surface area contributed by atoms with Crippen molar-refractivity contribution in [3.05, 3.63) is 57.5 Å². The highest BCUT2D eigenvalue weighted by atomic mass is 79.9. The number of benzene rings is 2. The fourth-order valence-electron chi connectivity index (χ4n) is 1.61. The van der Waals surface area contributed by atoms with Crippen molar-refractivity contribution < 1.29 is 8.42 Å². The summed E-state index contributed by atoms with van der Waals surface area (Å²) < 4.78 is 28.0. The van der Waals surface area contributed by atoms with Gasteiger partial charge in [0.1, 0.15) is 9.88 Å². The van der Waals surface area contributed by atoms with Gasteiger partial charge in [0.2, 0.25) is 0 Å². The molecule has 0 saturated heterocycles. The van der Waals surface area contributed by atoms with E-state index in [1.807, 2.05) is 0 Å². The molecule has 0 amide bonds. The first-order valence-corrected chi connectivity index (χ1v) is 8.74. The first-order chi connectivity index (χ1) is 9.81. The molecule has 0 aliphatic rings. The molecule has 0 saturated carbocycles. The van der Waals surface area contributed by atoms with Crippen molar-refractivity contribution in [2.45, 2.75) is 4.90 Å². The van der Waals surface area contributed by atoms with Gasteiger partial charge in [0.25, 0.3) is 10.0 Å². The smallest absolute Gasteiger partial charge is 0.263 e. The Labute approximate surface area is 141 Å². The predicted octanol–water partition coefficient (Wildman–Crippen LogP) is 3.54. The Morgan fingerprint density at radius 2 is 1.90 bits per heavy atom. The SMILES string of the molecule is NC(=S)c1ccc(Cl)c(S(=O)(=O)Nc2ccccc2Br)c1. The van der Waals surface area contributed by atoms with Crippen LogP contribution in [0.15, 0.2) is 51.8 Å². The zero-order valence-electron chi connectivity index (χ0n) is 10.5. The molecule has 3 N–H and O–H groups in total. The minimum Gasteiger partial charge on any atom is -0.389 e. The maximum atomic E-state index is 12.4. The molecule has 0 heterocycles. The molecule has 0 radical (unpaired) electrons. The maximum absolute atomic E-state index is 12.4. The van der Waals surface area contributed by atoms with E-state index in [4.69, 9.17) is 29.6 Å². The van der Waals surface area contributed by atoms with E-state index < -0.39 is 10.0 Å². The van der Waals surface area contributed by atoms with Gasteiger partial charge in [-0.1, -0.05) is 42.0 Å². The van der Waals surface area contributed by atoms with E-state index in [1.54, 1.807) is 30.3 Å². The van der Waals surface area contributed by atoms with Crippen LogP contribution in [0.5, 0.6) is 0 Å². The second kappa shape index (κ2) is 6.31. The van der Waals surface area contributed by atoms with E-state index in [-0.39, 0.29) is 14.9 Å². The number of hydrogen-bond donors (Lipinski definition) is 2. The van der Waals surface area contributed by atoms with E-state index in [9.17, 15) is 8.42 Å². The average Bonchev–Trinajstić information content (AvgIpc) is 2.41. The van der Waals surface area contributed by atoms with E-state index in [0.717, 1.165) is 0 Å². The number of nitrogens with one attached hydrogen (secondary N) is 1. The lowest BCUT2D eigenvalue weighted by Crippen LogP contribution is -2.16. The van der Waals surface area contributed by atoms with Gasteiger partial charge < -0.3 is 5.73 Å². The summed E-state index contributed by atoms with van der Waals surface area (Å²) in [5, 5.41) is 0.0922. The lowest BCUT2D eigenvalue weighted by molar-refractivity contribution is 0.601. The largest absolute Gasteiger partial charge is 0.389 e. The van der Waals surface area contributed by atoms with Crippen LogP contribution >= 0.6 is 39.7 Å². The van der Waals surface area contributed by atoms with Crippen LogP contribution in [-0.4, -0.2) is 13.4 Å². The van der Waals surface area contributed by atoms with Crippen molar-refractivity contribution in [1.82, 2.24) is 0 Å². The highest BCUT2D eigenvalue weighted by Gasteiger charge is 2.20. The van der Waals surface area contributed by atoms with E-state index in [1.165, 1.54) is 12.1 Å². The number of nitrogens with two attached hydrogens (primary N) is 1. The van der Waals surface area contributed by atoms with E-state index >= 15 is 0 Å². The molecule has 2 rings (SSSR count). The molecule has 0 fully saturated rings. The number of thiocarbonyl (C=S) groups is 1. The zero-order chi connectivity index (χ0) is 15.6. The van der Waals surface area contributed by atoms with Gasteiger partial charge in [-0.15, -0.1) is 0 Å². The Balaban J connectivity index is 2.47. The molecule has 0 atom stereocenters. The van der Waals surface area contributed by atoms with Crippen LogP contribution in [0, 0.1) is 0 Å². The van der Waals surface area contributed by atoms with Crippen molar-refractivity contribution in [2.24, 2.45) is 5.73 Å². The highest BCUT2D eigenvalue weighted by Crippen LogP contribution is 2.28. The quantitative estimate of drug-likeness (QED) is 0.763. The topological polar surface area (TPSA) is 72.2 Å². The molecular weight excluding hydrogens is 396 g/mol. The Kier molecular flexibility index (Phi) is 4.88. The third kappa shape index (κ3) is 3.74. The molecule has 4 nitrogen and oxygen atoms in total. The van der Waals surface area contributed by atoms with Gasteiger partial charge in [0, 0.05) is 10.0 Å². The van der Waals surface area contributed by atoms with Gasteiger partial charge in [-0.05, 0) is 40.2 Å². The van der Waals surface area contributed by atoms with Crippen LogP contribution in [0.4, 0.5) is 5.69 Å². The average molecular weight is 406 g/mol. The molecule has 0 unspecified atom stereocenters. The summed E-state index contributed by atoms with van der Waals surface area (Å²) in [4.78, 5) is 0.0224. The Morgan fingerprint density at radius 3 is 2.52 bits per heavy atom. The fourth-order valence-corrected chi connectivity index (χ4v) is 3.85. The van der Waals surface area contributed by atoms with Crippen molar-refractivity contribution in [3.8, 4) is 0 Å². The first kappa shape index (κ1) is 16.2. The molecule has 2 aromatic carbocycles. The molecule has 21 heavy (non-hydrogen) atoms. The number of sulfonamides is 1. The molecular formula is C13H10BrClN2O2S2. The standard InChI is InChI=1S/C13H10BrClN2O2S2/c14-9-3-1-2-4-11(9)17-21(18,19)12-7-8(13(16)20)5-6-10(12)15/h1-7,17H,(H2,16,20). The number of hydrogen-bond acceptors (Lipinski definition) is 3. The van der Waals surface area contributed by atoms with Gasteiger partial charge >= 0.3 is 0 Å². The van der Waals surface area contributed by atoms with Gasteiger partial charge in [-0.3, -0.25) is 4.72 Å². The van der Waals surface area contributed by atoms with Crippen LogP contribution in [0.1, 0.15) is 5.56 Å². The summed E-state index contributed by atoms with van der Waals surface area (Å²) in [6.07, 6.45) is 0. The number of halogens is 2. The molecule has 0 aromatic heterocycles. The first-order valence-electron chi connectivity index (χ1n) is 5.68. The number of anilines is 1. The minimum atomic E-state index is -3.85. The van der Waals surface area contributed by atoms with Gasteiger partial charge in [0.05, 0.1) is 10.7 Å². The summed E-state index contributed by atoms with van der Waals surface area (Å²) in [6, 6.07) is 11.2. The minimum absolute atomic E-state index is 0.0785. The number of rotatable bonds is 4. The Morgan fingerprint density at radius 1 is 1.24 bits per heavy atom. The lowest BCUT2D eigenvalue weighted by atomic mass is 10.2. The van der Waals surface area contributed by atoms with E-state index in [0.29, 0.717) is 15.7 Å². The third-order valence-corrected chi connectivity index (χ3v) is 5.40. The van der Waals surface area contributed by atoms with Crippen molar-refractivity contribution in [1.29, 1.82) is 0 Å². The summed E-state index contributed by atoms with van der Waals surface area (Å²) in [6.45, 7) is 0. The Bertz CT molecular complexity index is 810. The third-order valence-electron chi connectivity index (χ3n) is 2.62. The predicted molar refractivity (Wildman–Crippen MR) is 92.3 cm³/mol. The van der Waals surface area contributed by atoms with Crippen LogP contribution in [0.3, 0.4) is 0 Å². The highest BCUT2D eigenvalue weighted by molar-refractivity contribution is 9.10. The molecule has 0 spiro atoms. The van der Waals surface area contributed by atoms with Gasteiger partial charge in [-0.25, -0.2) is 8.42 Å². The summed E-state index contributed by atoms with van der Waals surface area (Å²) in [5.41, 5.74) is 6.36. The van der Waals surface area contributed by atoms with Crippen molar-refractivity contribution in [3.63, 3.8) is 0 Å². The van der Waals surface area contributed by atoms with Crippen LogP contribution in [0.2, 0.25) is 5.02 Å². The molecule has 0 bridgehead atoms. The summed E-state index contributed by atoms with van der Waals surface area (Å²) >= 11 is 14.1. The molecule has 8 heteroatoms. The monoisotopic (exact) mass is 404 g/mol. The maximum Gasteiger partial charge on any atom is 0.263 e. The lowest BCUT2D eigenvalue weighted by Gasteiger charge is -2.12. The normalized spacial score (nSPS) is 11.1. The van der Waals surface area contributed by atoms with Gasteiger partial charge in [0.15, 0.2) is 0 Å². The second-order valence-electron chi connectivity index (χ2n) is 4.09. The summed E-state index contributed by atoms with van der Waals surface area (Å²) in [5.74, 6) is 0. The van der Waals surface area contributed by atoms with E-state index in [2.05, 4.69) is 20.7 Å². The summed E-state index contributed by atoms with van der Waals surface area (Å²) in [7, 11) is -3.85. The fraction of sp³-hybridized carbons (Fsp3) is 0. The van der Waals surface area contributed by atoms with Crippen LogP contribution < -0.4 is 10.5 Å².